The number of anilines is 1. The third kappa shape index (κ3) is 4.76. The smallest absolute Gasteiger partial charge is 0.325 e. The number of hydrogen-bond donors (Lipinski definition) is 3. The van der Waals surface area contributed by atoms with E-state index in [0.29, 0.717) is 24.5 Å². The lowest BCUT2D eigenvalue weighted by Gasteiger charge is -2.25. The summed E-state index contributed by atoms with van der Waals surface area (Å²) in [6.07, 6.45) is -0.718. The van der Waals surface area contributed by atoms with E-state index in [-0.39, 0.29) is 25.8 Å². The first-order valence-electron chi connectivity index (χ1n) is 7.92. The molecule has 2 amide bonds. The fourth-order valence-electron chi connectivity index (χ4n) is 2.31. The Bertz CT molecular complexity index is 593. The average Bonchev–Trinajstić information content (AvgIpc) is 2.57. The summed E-state index contributed by atoms with van der Waals surface area (Å²) in [5.74, 6) is 0.175. The molecule has 1 atom stereocenters. The minimum Gasteiger partial charge on any atom is -0.487 e. The van der Waals surface area contributed by atoms with Gasteiger partial charge in [0.1, 0.15) is 18.9 Å². The maximum absolute atomic E-state index is 12.1. The fourth-order valence-corrected chi connectivity index (χ4v) is 2.31. The number of urea groups is 1. The Balaban J connectivity index is 1.94. The van der Waals surface area contributed by atoms with Crippen LogP contribution < -0.4 is 15.4 Å². The Hall–Kier alpha value is -2.48. The van der Waals surface area contributed by atoms with Crippen molar-refractivity contribution < 1.29 is 24.2 Å². The van der Waals surface area contributed by atoms with Crippen LogP contribution in [0.15, 0.2) is 18.2 Å². The molecule has 0 aromatic heterocycles. The number of nitrogens with zero attached hydrogens (tertiary/aromatic N) is 1. The van der Waals surface area contributed by atoms with Gasteiger partial charge in [0.2, 0.25) is 0 Å². The van der Waals surface area contributed by atoms with Gasteiger partial charge in [0, 0.05) is 13.1 Å². The quantitative estimate of drug-likeness (QED) is 0.667. The summed E-state index contributed by atoms with van der Waals surface area (Å²) in [5.41, 5.74) is 1.60. The van der Waals surface area contributed by atoms with E-state index in [9.17, 15) is 14.7 Å². The van der Waals surface area contributed by atoms with E-state index >= 15 is 0 Å². The number of aliphatic hydroxyl groups excluding tert-OH is 1. The standard InChI is InChI=1S/C16H23N3O5/c1-3-19(16(22)17-8-15(21)23-4-2)9-11-5-6-12-13(7-11)24-10-14(20)18-12/h5-7,14,18,20H,3-4,8-10H2,1-2H3,(H,17,22)/t14-/m1/s1. The lowest BCUT2D eigenvalue weighted by Crippen LogP contribution is -2.41. The van der Waals surface area contributed by atoms with Crippen molar-refractivity contribution in [3.05, 3.63) is 23.8 Å². The van der Waals surface area contributed by atoms with Crippen LogP contribution in [0.5, 0.6) is 5.75 Å². The van der Waals surface area contributed by atoms with E-state index in [2.05, 4.69) is 10.6 Å². The summed E-state index contributed by atoms with van der Waals surface area (Å²) in [4.78, 5) is 25.0. The molecule has 3 N–H and O–H groups in total. The largest absolute Gasteiger partial charge is 0.487 e. The van der Waals surface area contributed by atoms with Gasteiger partial charge in [0.25, 0.3) is 0 Å². The van der Waals surface area contributed by atoms with Crippen LogP contribution in [0.3, 0.4) is 0 Å². The first-order chi connectivity index (χ1) is 11.5. The zero-order valence-corrected chi connectivity index (χ0v) is 13.9. The van der Waals surface area contributed by atoms with Crippen LogP contribution in [0, 0.1) is 0 Å². The van der Waals surface area contributed by atoms with Crippen molar-refractivity contribution in [2.24, 2.45) is 0 Å². The maximum atomic E-state index is 12.1. The molecule has 0 saturated heterocycles. The molecule has 0 saturated carbocycles. The SMILES string of the molecule is CCOC(=O)CNC(=O)N(CC)Cc1ccc2c(c1)OC[C@@H](O)N2. The number of hydrogen-bond acceptors (Lipinski definition) is 6. The van der Waals surface area contributed by atoms with E-state index in [0.717, 1.165) is 5.56 Å². The number of benzene rings is 1. The zero-order chi connectivity index (χ0) is 17.5. The molecule has 1 aromatic carbocycles. The number of nitrogens with one attached hydrogen (secondary N) is 2. The Labute approximate surface area is 140 Å². The van der Waals surface area contributed by atoms with Crippen molar-refractivity contribution in [1.29, 1.82) is 0 Å². The van der Waals surface area contributed by atoms with Crippen LogP contribution in [0.25, 0.3) is 0 Å². The third-order valence-electron chi connectivity index (χ3n) is 3.50. The number of amides is 2. The summed E-state index contributed by atoms with van der Waals surface area (Å²) in [7, 11) is 0. The number of aliphatic hydroxyl groups is 1. The van der Waals surface area contributed by atoms with Crippen LogP contribution in [0.2, 0.25) is 0 Å². The van der Waals surface area contributed by atoms with Crippen molar-refractivity contribution in [2.45, 2.75) is 26.6 Å². The second kappa shape index (κ2) is 8.39. The monoisotopic (exact) mass is 337 g/mol. The van der Waals surface area contributed by atoms with Gasteiger partial charge in [-0.3, -0.25) is 4.79 Å². The number of esters is 1. The molecule has 0 bridgehead atoms. The summed E-state index contributed by atoms with van der Waals surface area (Å²) in [6.45, 7) is 4.74. The highest BCUT2D eigenvalue weighted by molar-refractivity contribution is 5.80. The molecule has 0 unspecified atom stereocenters. The van der Waals surface area contributed by atoms with Gasteiger partial charge < -0.3 is 30.1 Å². The average molecular weight is 337 g/mol. The molecule has 2 rings (SSSR count). The minimum atomic E-state index is -0.718. The van der Waals surface area contributed by atoms with E-state index < -0.39 is 12.2 Å². The van der Waals surface area contributed by atoms with E-state index in [1.165, 1.54) is 0 Å². The van der Waals surface area contributed by atoms with Gasteiger partial charge in [-0.25, -0.2) is 4.79 Å². The first kappa shape index (κ1) is 17.9. The molecule has 1 aliphatic heterocycles. The minimum absolute atomic E-state index is 0.154. The number of fused-ring (bicyclic) bond motifs is 1. The highest BCUT2D eigenvalue weighted by atomic mass is 16.5. The van der Waals surface area contributed by atoms with Crippen molar-refractivity contribution >= 4 is 17.7 Å². The second-order valence-corrected chi connectivity index (χ2v) is 5.28. The van der Waals surface area contributed by atoms with Gasteiger partial charge in [-0.1, -0.05) is 6.07 Å². The molecule has 0 aliphatic carbocycles. The van der Waals surface area contributed by atoms with Crippen LogP contribution in [0.4, 0.5) is 10.5 Å². The predicted octanol–water partition coefficient (Wildman–Crippen LogP) is 0.904. The lowest BCUT2D eigenvalue weighted by molar-refractivity contribution is -0.141. The first-order valence-corrected chi connectivity index (χ1v) is 7.92. The Morgan fingerprint density at radius 3 is 2.96 bits per heavy atom. The molecular formula is C16H23N3O5. The Kier molecular flexibility index (Phi) is 6.25. The highest BCUT2D eigenvalue weighted by Crippen LogP contribution is 2.29. The number of carbonyl (C=O) groups is 2. The molecule has 0 fully saturated rings. The number of rotatable bonds is 6. The predicted molar refractivity (Wildman–Crippen MR) is 87.7 cm³/mol. The lowest BCUT2D eigenvalue weighted by atomic mass is 10.1. The van der Waals surface area contributed by atoms with Crippen molar-refractivity contribution in [3.63, 3.8) is 0 Å². The van der Waals surface area contributed by atoms with E-state index in [1.807, 2.05) is 19.1 Å². The van der Waals surface area contributed by atoms with E-state index in [4.69, 9.17) is 9.47 Å². The highest BCUT2D eigenvalue weighted by Gasteiger charge is 2.18. The van der Waals surface area contributed by atoms with Crippen molar-refractivity contribution in [2.75, 3.05) is 31.6 Å². The maximum Gasteiger partial charge on any atom is 0.325 e. The zero-order valence-electron chi connectivity index (χ0n) is 13.9. The molecule has 8 nitrogen and oxygen atoms in total. The van der Waals surface area contributed by atoms with Gasteiger partial charge >= 0.3 is 12.0 Å². The molecule has 0 radical (unpaired) electrons. The molecule has 1 aromatic rings. The topological polar surface area (TPSA) is 100 Å². The normalized spacial score (nSPS) is 15.5. The van der Waals surface area contributed by atoms with Gasteiger partial charge in [-0.05, 0) is 31.5 Å². The third-order valence-corrected chi connectivity index (χ3v) is 3.50. The van der Waals surface area contributed by atoms with Crippen molar-refractivity contribution in [1.82, 2.24) is 10.2 Å². The summed E-state index contributed by atoms with van der Waals surface area (Å²) < 4.78 is 10.2. The van der Waals surface area contributed by atoms with Gasteiger partial charge in [-0.15, -0.1) is 0 Å². The number of carbonyl (C=O) groups excluding carboxylic acids is 2. The molecule has 132 valence electrons. The summed E-state index contributed by atoms with van der Waals surface area (Å²) in [6, 6.07) is 5.15. The van der Waals surface area contributed by atoms with Crippen LogP contribution in [0.1, 0.15) is 19.4 Å². The van der Waals surface area contributed by atoms with Crippen molar-refractivity contribution in [3.8, 4) is 5.75 Å². The van der Waals surface area contributed by atoms with E-state index in [1.54, 1.807) is 17.9 Å². The van der Waals surface area contributed by atoms with Crippen LogP contribution >= 0.6 is 0 Å². The molecule has 1 aliphatic rings. The molecule has 1 heterocycles. The summed E-state index contributed by atoms with van der Waals surface area (Å²) in [5, 5.41) is 14.9. The molecule has 24 heavy (non-hydrogen) atoms. The van der Waals surface area contributed by atoms with Crippen LogP contribution in [-0.2, 0) is 16.1 Å². The Morgan fingerprint density at radius 1 is 1.46 bits per heavy atom. The Morgan fingerprint density at radius 2 is 2.25 bits per heavy atom. The molecule has 8 heteroatoms. The van der Waals surface area contributed by atoms with Crippen LogP contribution in [-0.4, -0.2) is 54.5 Å². The number of ether oxygens (including phenoxy) is 2. The summed E-state index contributed by atoms with van der Waals surface area (Å²) >= 11 is 0. The molecule has 0 spiro atoms. The van der Waals surface area contributed by atoms with Gasteiger partial charge in [0.05, 0.1) is 12.3 Å². The van der Waals surface area contributed by atoms with Gasteiger partial charge in [-0.2, -0.15) is 0 Å². The van der Waals surface area contributed by atoms with Gasteiger partial charge in [0.15, 0.2) is 6.23 Å². The fraction of sp³-hybridized carbons (Fsp3) is 0.500. The molecular weight excluding hydrogens is 314 g/mol. The second-order valence-electron chi connectivity index (χ2n) is 5.28.